The van der Waals surface area contributed by atoms with Crippen LogP contribution in [0.25, 0.3) is 0 Å². The Balaban J connectivity index is 1.56. The molecule has 1 atom stereocenters. The average Bonchev–Trinajstić information content (AvgIpc) is 2.84. The fraction of sp³-hybridized carbons (Fsp3) is 0.160. The molecule has 3 rings (SSSR count). The van der Waals surface area contributed by atoms with E-state index in [1.165, 1.54) is 13.3 Å². The average molecular weight is 500 g/mol. The molecule has 176 valence electrons. The summed E-state index contributed by atoms with van der Waals surface area (Å²) in [6, 6.07) is 19.3. The minimum absolute atomic E-state index is 0.229. The number of benzene rings is 3. The van der Waals surface area contributed by atoms with Crippen molar-refractivity contribution in [1.82, 2.24) is 10.7 Å². The molecule has 2 N–H and O–H groups in total. The number of hydrazone groups is 1. The molecule has 0 unspecified atom stereocenters. The van der Waals surface area contributed by atoms with Gasteiger partial charge >= 0.3 is 11.8 Å². The fourth-order valence-electron chi connectivity index (χ4n) is 2.98. The molecular formula is C25H23Cl2N3O4. The first-order valence-corrected chi connectivity index (χ1v) is 11.1. The molecule has 34 heavy (non-hydrogen) atoms. The molecule has 0 saturated carbocycles. The molecule has 0 spiro atoms. The maximum atomic E-state index is 12.1. The minimum Gasteiger partial charge on any atom is -0.493 e. The minimum atomic E-state index is -0.870. The molecule has 3 aromatic carbocycles. The van der Waals surface area contributed by atoms with Crippen molar-refractivity contribution in [2.45, 2.75) is 19.6 Å². The second-order valence-electron chi connectivity index (χ2n) is 7.24. The van der Waals surface area contributed by atoms with Crippen LogP contribution in [0.5, 0.6) is 11.5 Å². The van der Waals surface area contributed by atoms with Crippen molar-refractivity contribution in [1.29, 1.82) is 0 Å². The third-order valence-electron chi connectivity index (χ3n) is 4.82. The second kappa shape index (κ2) is 12.1. The van der Waals surface area contributed by atoms with Gasteiger partial charge in [-0.1, -0.05) is 59.6 Å². The van der Waals surface area contributed by atoms with Gasteiger partial charge in [-0.2, -0.15) is 5.10 Å². The maximum absolute atomic E-state index is 12.1. The van der Waals surface area contributed by atoms with E-state index in [1.54, 1.807) is 43.3 Å². The number of hydrogen-bond donors (Lipinski definition) is 2. The van der Waals surface area contributed by atoms with Crippen molar-refractivity contribution in [3.63, 3.8) is 0 Å². The zero-order chi connectivity index (χ0) is 24.5. The van der Waals surface area contributed by atoms with Crippen LogP contribution in [0.4, 0.5) is 0 Å². The zero-order valence-corrected chi connectivity index (χ0v) is 20.1. The van der Waals surface area contributed by atoms with E-state index in [4.69, 9.17) is 32.7 Å². The lowest BCUT2D eigenvalue weighted by molar-refractivity contribution is -0.139. The number of nitrogens with one attached hydrogen (secondary N) is 2. The second-order valence-corrected chi connectivity index (χ2v) is 8.08. The molecular weight excluding hydrogens is 477 g/mol. The Morgan fingerprint density at radius 1 is 1.00 bits per heavy atom. The van der Waals surface area contributed by atoms with Crippen LogP contribution >= 0.6 is 23.2 Å². The van der Waals surface area contributed by atoms with Crippen LogP contribution in [-0.4, -0.2) is 25.1 Å². The van der Waals surface area contributed by atoms with Crippen molar-refractivity contribution in [3.8, 4) is 11.5 Å². The van der Waals surface area contributed by atoms with Gasteiger partial charge in [-0.05, 0) is 48.4 Å². The quantitative estimate of drug-likeness (QED) is 0.261. The standard InChI is InChI=1S/C25H23Cl2N3O4/c1-16(18-6-4-3-5-7-18)29-24(31)25(32)30-28-14-17-8-11-22(23(12-17)33-2)34-15-19-9-10-20(26)13-21(19)27/h3-14,16H,15H2,1-2H3,(H,29,31)(H,30,32)/b28-14-/t16-/m1/s1. The van der Waals surface area contributed by atoms with Gasteiger partial charge in [0, 0.05) is 15.6 Å². The van der Waals surface area contributed by atoms with Gasteiger partial charge in [0.1, 0.15) is 6.61 Å². The van der Waals surface area contributed by atoms with Crippen molar-refractivity contribution >= 4 is 41.2 Å². The Morgan fingerprint density at radius 2 is 1.76 bits per heavy atom. The Bertz CT molecular complexity index is 1190. The number of nitrogens with zero attached hydrogens (tertiary/aromatic N) is 1. The molecule has 0 heterocycles. The van der Waals surface area contributed by atoms with Gasteiger partial charge < -0.3 is 14.8 Å². The highest BCUT2D eigenvalue weighted by atomic mass is 35.5. The van der Waals surface area contributed by atoms with E-state index in [9.17, 15) is 9.59 Å². The molecule has 2 amide bonds. The number of ether oxygens (including phenoxy) is 2. The first-order chi connectivity index (χ1) is 16.4. The monoisotopic (exact) mass is 499 g/mol. The first-order valence-electron chi connectivity index (χ1n) is 10.3. The van der Waals surface area contributed by atoms with E-state index in [-0.39, 0.29) is 12.6 Å². The van der Waals surface area contributed by atoms with Gasteiger partial charge in [0.05, 0.1) is 19.4 Å². The Hall–Kier alpha value is -3.55. The van der Waals surface area contributed by atoms with E-state index in [0.717, 1.165) is 11.1 Å². The van der Waals surface area contributed by atoms with Gasteiger partial charge in [-0.15, -0.1) is 0 Å². The van der Waals surface area contributed by atoms with E-state index in [1.807, 2.05) is 30.3 Å². The lowest BCUT2D eigenvalue weighted by Crippen LogP contribution is -2.39. The van der Waals surface area contributed by atoms with Crippen molar-refractivity contribution in [2.24, 2.45) is 5.10 Å². The zero-order valence-electron chi connectivity index (χ0n) is 18.5. The van der Waals surface area contributed by atoms with Crippen LogP contribution in [0.2, 0.25) is 10.0 Å². The summed E-state index contributed by atoms with van der Waals surface area (Å²) in [7, 11) is 1.51. The van der Waals surface area contributed by atoms with E-state index in [0.29, 0.717) is 27.1 Å². The van der Waals surface area contributed by atoms with Crippen molar-refractivity contribution in [2.75, 3.05) is 7.11 Å². The van der Waals surface area contributed by atoms with E-state index >= 15 is 0 Å². The van der Waals surface area contributed by atoms with Crippen LogP contribution < -0.4 is 20.2 Å². The third-order valence-corrected chi connectivity index (χ3v) is 5.41. The largest absolute Gasteiger partial charge is 0.493 e. The van der Waals surface area contributed by atoms with Gasteiger partial charge in [-0.25, -0.2) is 5.43 Å². The van der Waals surface area contributed by atoms with Gasteiger partial charge in [0.25, 0.3) is 0 Å². The molecule has 0 saturated heterocycles. The Labute approximate surface area is 207 Å². The number of rotatable bonds is 8. The SMILES string of the molecule is COc1cc(/C=N\NC(=O)C(=O)N[C@H](C)c2ccccc2)ccc1OCc1ccc(Cl)cc1Cl. The number of carbonyl (C=O) groups is 2. The molecule has 7 nitrogen and oxygen atoms in total. The molecule has 0 fully saturated rings. The normalized spacial score (nSPS) is 11.6. The summed E-state index contributed by atoms with van der Waals surface area (Å²) in [5.41, 5.74) is 4.52. The third kappa shape index (κ3) is 6.97. The van der Waals surface area contributed by atoms with Crippen molar-refractivity contribution < 1.29 is 19.1 Å². The summed E-state index contributed by atoms with van der Waals surface area (Å²) in [4.78, 5) is 24.1. The Kier molecular flexibility index (Phi) is 8.90. The number of halogens is 2. The number of hydrogen-bond acceptors (Lipinski definition) is 5. The summed E-state index contributed by atoms with van der Waals surface area (Å²) in [6.45, 7) is 2.02. The summed E-state index contributed by atoms with van der Waals surface area (Å²) in [5, 5.41) is 7.53. The lowest BCUT2D eigenvalue weighted by Gasteiger charge is -2.13. The van der Waals surface area contributed by atoms with E-state index < -0.39 is 11.8 Å². The van der Waals surface area contributed by atoms with Crippen LogP contribution in [-0.2, 0) is 16.2 Å². The van der Waals surface area contributed by atoms with Crippen LogP contribution in [0.1, 0.15) is 29.7 Å². The van der Waals surface area contributed by atoms with Gasteiger partial charge in [0.15, 0.2) is 11.5 Å². The van der Waals surface area contributed by atoms with Crippen LogP contribution in [0.3, 0.4) is 0 Å². The number of carbonyl (C=O) groups excluding carboxylic acids is 2. The molecule has 0 bridgehead atoms. The topological polar surface area (TPSA) is 89.0 Å². The molecule has 0 aliphatic rings. The summed E-state index contributed by atoms with van der Waals surface area (Å²) in [6.07, 6.45) is 1.40. The highest BCUT2D eigenvalue weighted by Crippen LogP contribution is 2.29. The number of amides is 2. The molecule has 0 aliphatic heterocycles. The molecule has 0 aromatic heterocycles. The summed E-state index contributed by atoms with van der Waals surface area (Å²) >= 11 is 12.1. The lowest BCUT2D eigenvalue weighted by atomic mass is 10.1. The van der Waals surface area contributed by atoms with E-state index in [2.05, 4.69) is 15.8 Å². The molecule has 0 radical (unpaired) electrons. The van der Waals surface area contributed by atoms with Crippen LogP contribution in [0.15, 0.2) is 71.8 Å². The molecule has 9 heteroatoms. The first kappa shape index (κ1) is 25.1. The van der Waals surface area contributed by atoms with Crippen molar-refractivity contribution in [3.05, 3.63) is 93.5 Å². The van der Waals surface area contributed by atoms with Crippen LogP contribution in [0, 0.1) is 0 Å². The maximum Gasteiger partial charge on any atom is 0.329 e. The molecule has 3 aromatic rings. The smallest absolute Gasteiger partial charge is 0.329 e. The van der Waals surface area contributed by atoms with Gasteiger partial charge in [-0.3, -0.25) is 9.59 Å². The predicted molar refractivity (Wildman–Crippen MR) is 133 cm³/mol. The Morgan fingerprint density at radius 3 is 2.47 bits per heavy atom. The van der Waals surface area contributed by atoms with Gasteiger partial charge in [0.2, 0.25) is 0 Å². The highest BCUT2D eigenvalue weighted by Gasteiger charge is 2.16. The highest BCUT2D eigenvalue weighted by molar-refractivity contribution is 6.35. The fourth-order valence-corrected chi connectivity index (χ4v) is 3.44. The summed E-state index contributed by atoms with van der Waals surface area (Å²) < 4.78 is 11.2. The predicted octanol–water partition coefficient (Wildman–Crippen LogP) is 4.91. The molecule has 0 aliphatic carbocycles. The summed E-state index contributed by atoms with van der Waals surface area (Å²) in [5.74, 6) is -0.680. The number of methoxy groups -OCH3 is 1.